The number of ether oxygens (including phenoxy) is 1. The number of benzene rings is 1. The topological polar surface area (TPSA) is 128 Å². The molecular weight excluding hydrogens is 417 g/mol. The van der Waals surface area contributed by atoms with Gasteiger partial charge in [0.15, 0.2) is 21.0 Å². The van der Waals surface area contributed by atoms with E-state index in [9.17, 15) is 17.6 Å². The normalized spacial score (nSPS) is 15.5. The summed E-state index contributed by atoms with van der Waals surface area (Å²) in [4.78, 5) is 24.7. The molecule has 1 amide bonds. The molecule has 1 N–H and O–H groups in total. The van der Waals surface area contributed by atoms with Gasteiger partial charge in [-0.3, -0.25) is 4.57 Å². The molecular formula is C18H18FN5O5S. The maximum absolute atomic E-state index is 14.6. The number of piperidine rings is 1. The number of fused-ring (bicyclic) bond motifs is 1. The second-order valence-electron chi connectivity index (χ2n) is 6.94. The number of halogens is 1. The highest BCUT2D eigenvalue weighted by atomic mass is 32.2. The van der Waals surface area contributed by atoms with Crippen molar-refractivity contribution in [3.05, 3.63) is 36.7 Å². The van der Waals surface area contributed by atoms with Crippen molar-refractivity contribution >= 4 is 27.1 Å². The second kappa shape index (κ2) is 7.52. The van der Waals surface area contributed by atoms with Crippen LogP contribution >= 0.6 is 0 Å². The second-order valence-corrected chi connectivity index (χ2v) is 8.95. The first-order valence-corrected chi connectivity index (χ1v) is 11.0. The highest BCUT2D eigenvalue weighted by Gasteiger charge is 2.25. The first kappa shape index (κ1) is 20.0. The summed E-state index contributed by atoms with van der Waals surface area (Å²) in [6, 6.07) is 3.61. The van der Waals surface area contributed by atoms with Crippen molar-refractivity contribution in [3.63, 3.8) is 0 Å². The quantitative estimate of drug-likeness (QED) is 0.658. The van der Waals surface area contributed by atoms with Gasteiger partial charge >= 0.3 is 6.09 Å². The number of amides is 1. The van der Waals surface area contributed by atoms with Gasteiger partial charge in [-0.15, -0.1) is 0 Å². The first-order valence-electron chi connectivity index (χ1n) is 9.06. The van der Waals surface area contributed by atoms with Crippen molar-refractivity contribution in [2.75, 3.05) is 19.3 Å². The van der Waals surface area contributed by atoms with Crippen LogP contribution in [0.5, 0.6) is 5.88 Å². The van der Waals surface area contributed by atoms with E-state index in [1.165, 1.54) is 34.3 Å². The van der Waals surface area contributed by atoms with E-state index in [-0.39, 0.29) is 22.6 Å². The lowest BCUT2D eigenvalue weighted by atomic mass is 10.1. The fourth-order valence-electron chi connectivity index (χ4n) is 3.31. The molecule has 0 radical (unpaired) electrons. The molecule has 1 aromatic carbocycles. The molecule has 0 saturated carbocycles. The molecule has 0 unspecified atom stereocenters. The van der Waals surface area contributed by atoms with Crippen LogP contribution in [-0.2, 0) is 9.84 Å². The summed E-state index contributed by atoms with van der Waals surface area (Å²) in [5.74, 6) is -0.514. The Hall–Kier alpha value is -3.28. The Morgan fingerprint density at radius 3 is 2.60 bits per heavy atom. The minimum Gasteiger partial charge on any atom is -0.473 e. The monoisotopic (exact) mass is 435 g/mol. The minimum absolute atomic E-state index is 0.0873. The van der Waals surface area contributed by atoms with Crippen LogP contribution in [0.1, 0.15) is 12.8 Å². The van der Waals surface area contributed by atoms with Gasteiger partial charge in [-0.25, -0.2) is 27.6 Å². The number of likely N-dealkylation sites (tertiary alicyclic amines) is 1. The van der Waals surface area contributed by atoms with E-state index >= 15 is 0 Å². The Labute approximate surface area is 170 Å². The van der Waals surface area contributed by atoms with Gasteiger partial charge in [0, 0.05) is 32.2 Å². The molecule has 1 saturated heterocycles. The van der Waals surface area contributed by atoms with E-state index in [1.807, 2.05) is 0 Å². The zero-order valence-electron chi connectivity index (χ0n) is 15.9. The van der Waals surface area contributed by atoms with Gasteiger partial charge < -0.3 is 14.7 Å². The molecule has 3 heterocycles. The number of carboxylic acid groups (broad SMARTS) is 1. The SMILES string of the molecule is CS(=O)(=O)c1ccc(-n2cnc3c(OC4CCN(C(=O)O)CC4)ncnc32)c(F)c1. The number of nitrogens with zero attached hydrogens (tertiary/aromatic N) is 5. The maximum Gasteiger partial charge on any atom is 0.407 e. The van der Waals surface area contributed by atoms with Crippen LogP contribution in [0, 0.1) is 5.82 Å². The molecule has 0 spiro atoms. The van der Waals surface area contributed by atoms with E-state index in [1.54, 1.807) is 0 Å². The highest BCUT2D eigenvalue weighted by Crippen LogP contribution is 2.27. The van der Waals surface area contributed by atoms with Crippen molar-refractivity contribution in [1.82, 2.24) is 24.4 Å². The van der Waals surface area contributed by atoms with Gasteiger partial charge in [0.25, 0.3) is 0 Å². The lowest BCUT2D eigenvalue weighted by Crippen LogP contribution is -2.41. The minimum atomic E-state index is -3.54. The number of sulfone groups is 1. The summed E-state index contributed by atoms with van der Waals surface area (Å²) in [5, 5.41) is 9.04. The van der Waals surface area contributed by atoms with Gasteiger partial charge in [-0.05, 0) is 18.2 Å². The molecule has 158 valence electrons. The molecule has 30 heavy (non-hydrogen) atoms. The Morgan fingerprint density at radius 1 is 1.23 bits per heavy atom. The van der Waals surface area contributed by atoms with Crippen LogP contribution in [0.25, 0.3) is 16.9 Å². The molecule has 12 heteroatoms. The number of imidazole rings is 1. The van der Waals surface area contributed by atoms with Gasteiger partial charge in [0.05, 0.1) is 10.6 Å². The molecule has 2 aromatic heterocycles. The van der Waals surface area contributed by atoms with Crippen LogP contribution in [-0.4, -0.2) is 69.5 Å². The van der Waals surface area contributed by atoms with E-state index < -0.39 is 21.7 Å². The fourth-order valence-corrected chi connectivity index (χ4v) is 3.95. The summed E-state index contributed by atoms with van der Waals surface area (Å²) in [6.07, 6.45) is 3.48. The Bertz CT molecular complexity index is 1220. The summed E-state index contributed by atoms with van der Waals surface area (Å²) < 4.78 is 45.2. The Balaban J connectivity index is 1.62. The van der Waals surface area contributed by atoms with Crippen molar-refractivity contribution in [1.29, 1.82) is 0 Å². The summed E-state index contributed by atoms with van der Waals surface area (Å²) in [5.41, 5.74) is 0.711. The van der Waals surface area contributed by atoms with E-state index in [4.69, 9.17) is 9.84 Å². The number of hydrogen-bond donors (Lipinski definition) is 1. The fraction of sp³-hybridized carbons (Fsp3) is 0.333. The van der Waals surface area contributed by atoms with Crippen LogP contribution in [0.15, 0.2) is 35.7 Å². The third-order valence-electron chi connectivity index (χ3n) is 4.90. The molecule has 4 rings (SSSR count). The standard InChI is InChI=1S/C18H18FN5O5S/c1-30(27,28)12-2-3-14(13(19)8-12)24-10-22-15-16(24)20-9-21-17(15)29-11-4-6-23(7-5-11)18(25)26/h2-3,8-11H,4-7H2,1H3,(H,25,26). The molecule has 1 aliphatic rings. The number of aromatic nitrogens is 4. The zero-order valence-corrected chi connectivity index (χ0v) is 16.7. The molecule has 10 nitrogen and oxygen atoms in total. The average molecular weight is 435 g/mol. The molecule has 1 aliphatic heterocycles. The summed E-state index contributed by atoms with van der Waals surface area (Å²) in [6.45, 7) is 0.723. The van der Waals surface area contributed by atoms with Gasteiger partial charge in [-0.1, -0.05) is 0 Å². The van der Waals surface area contributed by atoms with Crippen molar-refractivity contribution in [2.45, 2.75) is 23.8 Å². The van der Waals surface area contributed by atoms with E-state index in [2.05, 4.69) is 15.0 Å². The Kier molecular flexibility index (Phi) is 5.02. The van der Waals surface area contributed by atoms with Gasteiger partial charge in [-0.2, -0.15) is 4.98 Å². The molecule has 1 fully saturated rings. The summed E-state index contributed by atoms with van der Waals surface area (Å²) >= 11 is 0. The summed E-state index contributed by atoms with van der Waals surface area (Å²) in [7, 11) is -3.54. The van der Waals surface area contributed by atoms with Crippen molar-refractivity contribution in [3.8, 4) is 11.6 Å². The van der Waals surface area contributed by atoms with Crippen LogP contribution in [0.2, 0.25) is 0 Å². The van der Waals surface area contributed by atoms with Gasteiger partial charge in [0.1, 0.15) is 24.6 Å². The predicted molar refractivity (Wildman–Crippen MR) is 103 cm³/mol. The first-order chi connectivity index (χ1) is 14.2. The number of carbonyl (C=O) groups is 1. The third-order valence-corrected chi connectivity index (χ3v) is 6.01. The Morgan fingerprint density at radius 2 is 1.97 bits per heavy atom. The average Bonchev–Trinajstić information content (AvgIpc) is 3.12. The van der Waals surface area contributed by atoms with Crippen LogP contribution in [0.3, 0.4) is 0 Å². The highest BCUT2D eigenvalue weighted by molar-refractivity contribution is 7.90. The van der Waals surface area contributed by atoms with E-state index in [0.29, 0.717) is 37.1 Å². The number of rotatable bonds is 4. The van der Waals surface area contributed by atoms with Crippen molar-refractivity contribution < 1.29 is 27.4 Å². The predicted octanol–water partition coefficient (Wildman–Crippen LogP) is 1.88. The largest absolute Gasteiger partial charge is 0.473 e. The molecule has 3 aromatic rings. The zero-order chi connectivity index (χ0) is 21.5. The van der Waals surface area contributed by atoms with E-state index in [0.717, 1.165) is 12.3 Å². The number of hydrogen-bond acceptors (Lipinski definition) is 7. The lowest BCUT2D eigenvalue weighted by Gasteiger charge is -2.29. The maximum atomic E-state index is 14.6. The van der Waals surface area contributed by atoms with Crippen LogP contribution in [0.4, 0.5) is 9.18 Å². The van der Waals surface area contributed by atoms with Crippen molar-refractivity contribution in [2.24, 2.45) is 0 Å². The molecule has 0 atom stereocenters. The molecule has 0 aliphatic carbocycles. The third kappa shape index (κ3) is 3.77. The van der Waals surface area contributed by atoms with Crippen LogP contribution < -0.4 is 4.74 Å². The molecule has 0 bridgehead atoms. The van der Waals surface area contributed by atoms with Gasteiger partial charge in [0.2, 0.25) is 5.88 Å². The smallest absolute Gasteiger partial charge is 0.407 e. The lowest BCUT2D eigenvalue weighted by molar-refractivity contribution is 0.0878.